The molecule has 1 fully saturated rings. The highest BCUT2D eigenvalue weighted by Crippen LogP contribution is 2.18. The van der Waals surface area contributed by atoms with Crippen molar-refractivity contribution in [2.45, 2.75) is 13.0 Å². The van der Waals surface area contributed by atoms with E-state index in [0.29, 0.717) is 42.1 Å². The number of carbonyl (C=O) groups is 1. The van der Waals surface area contributed by atoms with E-state index in [1.54, 1.807) is 36.1 Å². The quantitative estimate of drug-likeness (QED) is 0.467. The predicted octanol–water partition coefficient (Wildman–Crippen LogP) is 2.45. The lowest BCUT2D eigenvalue weighted by molar-refractivity contribution is -0.139. The molecule has 1 amide bonds. The van der Waals surface area contributed by atoms with Crippen LogP contribution in [0.1, 0.15) is 6.92 Å². The van der Waals surface area contributed by atoms with Crippen molar-refractivity contribution < 1.29 is 9.53 Å². The summed E-state index contributed by atoms with van der Waals surface area (Å²) in [4.78, 5) is 20.1. The van der Waals surface area contributed by atoms with E-state index >= 15 is 0 Å². The van der Waals surface area contributed by atoms with Gasteiger partial charge in [0.05, 0.1) is 0 Å². The molecule has 1 aliphatic rings. The summed E-state index contributed by atoms with van der Waals surface area (Å²) in [6.07, 6.45) is 3.14. The zero-order valence-corrected chi connectivity index (χ0v) is 15.2. The molecule has 24 heavy (non-hydrogen) atoms. The molecule has 1 atom stereocenters. The van der Waals surface area contributed by atoms with Gasteiger partial charge in [0.1, 0.15) is 5.75 Å². The molecule has 8 heteroatoms. The Kier molecular flexibility index (Phi) is 6.76. The third-order valence-electron chi connectivity index (χ3n) is 3.66. The molecule has 1 saturated heterocycles. The lowest BCUT2D eigenvalue weighted by atomic mass is 10.2. The molecule has 1 heterocycles. The number of hydrogen-bond acceptors (Lipinski definition) is 5. The standard InChI is InChI=1S/C16H19ClN4O2S/c1-12(23-14-5-3-13(17)4-6-14)15(22)20-7-9-21(10-8-20)16(24-2)19-11-18/h3-6,12H,7-10H2,1-2H3/b19-16-/t12-/m0/s1. The number of piperazine rings is 1. The number of ether oxygens (including phenoxy) is 1. The number of carbonyl (C=O) groups excluding carboxylic acids is 1. The third kappa shape index (κ3) is 4.79. The minimum atomic E-state index is -0.564. The summed E-state index contributed by atoms with van der Waals surface area (Å²) >= 11 is 7.27. The van der Waals surface area contributed by atoms with E-state index in [2.05, 4.69) is 4.99 Å². The van der Waals surface area contributed by atoms with Crippen LogP contribution in [0.5, 0.6) is 5.75 Å². The fourth-order valence-corrected chi connectivity index (χ4v) is 3.13. The SMILES string of the molecule is CS/C(=N\C#N)N1CCN(C(=O)[C@H](C)Oc2ccc(Cl)cc2)CC1. The molecule has 0 aromatic heterocycles. The van der Waals surface area contributed by atoms with Gasteiger partial charge in [0.15, 0.2) is 11.3 Å². The number of nitriles is 1. The van der Waals surface area contributed by atoms with E-state index in [9.17, 15) is 4.79 Å². The number of amidine groups is 1. The summed E-state index contributed by atoms with van der Waals surface area (Å²) in [5.74, 6) is 0.567. The zero-order valence-electron chi connectivity index (χ0n) is 13.6. The summed E-state index contributed by atoms with van der Waals surface area (Å²) in [5.41, 5.74) is 0. The molecular formula is C16H19ClN4O2S. The van der Waals surface area contributed by atoms with Crippen LogP contribution in [-0.2, 0) is 4.79 Å². The van der Waals surface area contributed by atoms with Gasteiger partial charge in [-0.05, 0) is 37.4 Å². The Hall–Kier alpha value is -1.91. The van der Waals surface area contributed by atoms with Gasteiger partial charge in [-0.3, -0.25) is 4.79 Å². The molecule has 0 spiro atoms. The van der Waals surface area contributed by atoms with Crippen molar-refractivity contribution in [1.29, 1.82) is 5.26 Å². The molecule has 1 aromatic rings. The fourth-order valence-electron chi connectivity index (χ4n) is 2.43. The molecule has 1 aromatic carbocycles. The summed E-state index contributed by atoms with van der Waals surface area (Å²) in [7, 11) is 0. The van der Waals surface area contributed by atoms with Gasteiger partial charge < -0.3 is 14.5 Å². The van der Waals surface area contributed by atoms with Gasteiger partial charge in [-0.15, -0.1) is 4.99 Å². The number of aliphatic imine (C=N–C) groups is 1. The second kappa shape index (κ2) is 8.81. The molecule has 128 valence electrons. The second-order valence-electron chi connectivity index (χ2n) is 5.22. The van der Waals surface area contributed by atoms with Gasteiger partial charge in [-0.25, -0.2) is 0 Å². The van der Waals surface area contributed by atoms with Crippen LogP contribution in [0.15, 0.2) is 29.3 Å². The average molecular weight is 367 g/mol. The van der Waals surface area contributed by atoms with Crippen molar-refractivity contribution in [3.8, 4) is 11.9 Å². The molecule has 0 aliphatic carbocycles. The lowest BCUT2D eigenvalue weighted by Gasteiger charge is -2.36. The summed E-state index contributed by atoms with van der Waals surface area (Å²) in [5, 5.41) is 10.0. The van der Waals surface area contributed by atoms with Crippen molar-refractivity contribution in [3.63, 3.8) is 0 Å². The highest BCUT2D eigenvalue weighted by atomic mass is 35.5. The largest absolute Gasteiger partial charge is 0.481 e. The van der Waals surface area contributed by atoms with Crippen molar-refractivity contribution in [2.75, 3.05) is 32.4 Å². The van der Waals surface area contributed by atoms with Crippen LogP contribution in [0.4, 0.5) is 0 Å². The van der Waals surface area contributed by atoms with Crippen LogP contribution in [-0.4, -0.2) is 59.4 Å². The first-order valence-corrected chi connectivity index (χ1v) is 9.12. The Labute approximate surface area is 151 Å². The first kappa shape index (κ1) is 18.4. The third-order valence-corrected chi connectivity index (χ3v) is 4.63. The molecular weight excluding hydrogens is 348 g/mol. The number of benzene rings is 1. The molecule has 6 nitrogen and oxygen atoms in total. The number of rotatable bonds is 3. The van der Waals surface area contributed by atoms with Crippen LogP contribution < -0.4 is 4.74 Å². The molecule has 2 rings (SSSR count). The van der Waals surface area contributed by atoms with Crippen molar-refractivity contribution in [1.82, 2.24) is 9.80 Å². The van der Waals surface area contributed by atoms with E-state index < -0.39 is 6.10 Å². The van der Waals surface area contributed by atoms with Crippen molar-refractivity contribution >= 4 is 34.4 Å². The van der Waals surface area contributed by atoms with Gasteiger partial charge in [0, 0.05) is 31.2 Å². The molecule has 0 N–H and O–H groups in total. The van der Waals surface area contributed by atoms with Crippen LogP contribution in [0.3, 0.4) is 0 Å². The first-order valence-electron chi connectivity index (χ1n) is 7.52. The van der Waals surface area contributed by atoms with Gasteiger partial charge >= 0.3 is 0 Å². The number of thioether (sulfide) groups is 1. The predicted molar refractivity (Wildman–Crippen MR) is 96.3 cm³/mol. The van der Waals surface area contributed by atoms with E-state index in [-0.39, 0.29) is 5.91 Å². The van der Waals surface area contributed by atoms with E-state index in [1.807, 2.05) is 17.3 Å². The van der Waals surface area contributed by atoms with E-state index in [4.69, 9.17) is 21.6 Å². The smallest absolute Gasteiger partial charge is 0.263 e. The Morgan fingerprint density at radius 1 is 1.29 bits per heavy atom. The van der Waals surface area contributed by atoms with Gasteiger partial charge in [-0.2, -0.15) is 5.26 Å². The minimum Gasteiger partial charge on any atom is -0.481 e. The maximum Gasteiger partial charge on any atom is 0.263 e. The van der Waals surface area contributed by atoms with Gasteiger partial charge in [-0.1, -0.05) is 23.4 Å². The lowest BCUT2D eigenvalue weighted by Crippen LogP contribution is -2.52. The fraction of sp³-hybridized carbons (Fsp3) is 0.438. The van der Waals surface area contributed by atoms with E-state index in [0.717, 1.165) is 0 Å². The Morgan fingerprint density at radius 2 is 1.88 bits per heavy atom. The second-order valence-corrected chi connectivity index (χ2v) is 6.43. The topological polar surface area (TPSA) is 68.9 Å². The van der Waals surface area contributed by atoms with Gasteiger partial charge in [0.25, 0.3) is 5.91 Å². The minimum absolute atomic E-state index is 0.0486. The number of halogens is 1. The maximum atomic E-state index is 12.5. The average Bonchev–Trinajstić information content (AvgIpc) is 2.61. The van der Waals surface area contributed by atoms with Crippen molar-refractivity contribution in [2.24, 2.45) is 4.99 Å². The summed E-state index contributed by atoms with van der Waals surface area (Å²) in [6.45, 7) is 4.21. The Bertz CT molecular complexity index is 636. The zero-order chi connectivity index (χ0) is 17.5. The molecule has 1 aliphatic heterocycles. The highest BCUT2D eigenvalue weighted by molar-refractivity contribution is 8.13. The van der Waals surface area contributed by atoms with Crippen LogP contribution in [0, 0.1) is 11.5 Å². The molecule has 0 radical (unpaired) electrons. The number of amides is 1. The van der Waals surface area contributed by atoms with Crippen LogP contribution in [0.2, 0.25) is 5.02 Å². The van der Waals surface area contributed by atoms with Crippen LogP contribution in [0.25, 0.3) is 0 Å². The first-order chi connectivity index (χ1) is 11.5. The Morgan fingerprint density at radius 3 is 2.42 bits per heavy atom. The Balaban J connectivity index is 1.89. The van der Waals surface area contributed by atoms with Crippen LogP contribution >= 0.6 is 23.4 Å². The molecule has 0 bridgehead atoms. The number of hydrogen-bond donors (Lipinski definition) is 0. The molecule has 0 unspecified atom stereocenters. The monoisotopic (exact) mass is 366 g/mol. The van der Waals surface area contributed by atoms with E-state index in [1.165, 1.54) is 11.8 Å². The normalized spacial score (nSPS) is 16.5. The highest BCUT2D eigenvalue weighted by Gasteiger charge is 2.27. The molecule has 0 saturated carbocycles. The number of nitrogens with zero attached hydrogens (tertiary/aromatic N) is 4. The summed E-state index contributed by atoms with van der Waals surface area (Å²) < 4.78 is 5.68. The maximum absolute atomic E-state index is 12.5. The summed E-state index contributed by atoms with van der Waals surface area (Å²) in [6, 6.07) is 6.94. The van der Waals surface area contributed by atoms with Gasteiger partial charge in [0.2, 0.25) is 6.19 Å². The van der Waals surface area contributed by atoms with Crippen molar-refractivity contribution in [3.05, 3.63) is 29.3 Å².